The second-order valence-corrected chi connectivity index (χ2v) is 11.3. The molecular weight excluding hydrogens is 546 g/mol. The number of aryl methyl sites for hydroxylation is 1. The van der Waals surface area contributed by atoms with Gasteiger partial charge >= 0.3 is 5.97 Å². The lowest BCUT2D eigenvalue weighted by atomic mass is 10.1. The van der Waals surface area contributed by atoms with E-state index in [-0.39, 0.29) is 18.7 Å². The zero-order valence-corrected chi connectivity index (χ0v) is 23.5. The molecule has 12 heteroatoms. The summed E-state index contributed by atoms with van der Waals surface area (Å²) in [7, 11) is -2.32. The van der Waals surface area contributed by atoms with Crippen LogP contribution in [0.1, 0.15) is 34.0 Å². The van der Waals surface area contributed by atoms with Crippen LogP contribution in [0.25, 0.3) is 0 Å². The van der Waals surface area contributed by atoms with E-state index in [9.17, 15) is 22.8 Å². The predicted molar refractivity (Wildman–Crippen MR) is 155 cm³/mol. The van der Waals surface area contributed by atoms with Gasteiger partial charge in [0.25, 0.3) is 21.7 Å². The first-order chi connectivity index (χ1) is 19.5. The molecule has 1 saturated heterocycles. The molecule has 2 aromatic carbocycles. The van der Waals surface area contributed by atoms with Crippen LogP contribution in [0.5, 0.6) is 0 Å². The fourth-order valence-electron chi connectivity index (χ4n) is 4.25. The molecule has 11 nitrogen and oxygen atoms in total. The number of hydrogen-bond acceptors (Lipinski definition) is 6. The highest BCUT2D eigenvalue weighted by Crippen LogP contribution is 2.18. The molecule has 3 aromatic rings. The van der Waals surface area contributed by atoms with E-state index in [0.29, 0.717) is 25.2 Å². The van der Waals surface area contributed by atoms with Crippen molar-refractivity contribution in [1.82, 2.24) is 18.9 Å². The number of carboxylic acid groups (broad SMARTS) is 1. The van der Waals surface area contributed by atoms with Crippen molar-refractivity contribution in [1.29, 1.82) is 0 Å². The van der Waals surface area contributed by atoms with Gasteiger partial charge in [-0.05, 0) is 42.8 Å². The van der Waals surface area contributed by atoms with Gasteiger partial charge in [-0.2, -0.15) is 17.4 Å². The Bertz CT molecular complexity index is 1630. The molecule has 0 unspecified atom stereocenters. The van der Waals surface area contributed by atoms with Crippen LogP contribution in [0.2, 0.25) is 0 Å². The van der Waals surface area contributed by atoms with Crippen LogP contribution in [-0.4, -0.2) is 66.5 Å². The summed E-state index contributed by atoms with van der Waals surface area (Å²) in [6, 6.07) is 17.2. The minimum atomic E-state index is -3.89. The molecule has 4 rings (SSSR count). The molecule has 2 heterocycles. The molecule has 41 heavy (non-hydrogen) atoms. The fraction of sp³-hybridized carbons (Fsp3) is 0.276. The third-order valence-electron chi connectivity index (χ3n) is 6.58. The fourth-order valence-corrected chi connectivity index (χ4v) is 5.59. The van der Waals surface area contributed by atoms with Crippen molar-refractivity contribution in [3.8, 4) is 11.8 Å². The number of aliphatic carboxylic acids is 1. The van der Waals surface area contributed by atoms with Gasteiger partial charge in [0, 0.05) is 62.8 Å². The topological polar surface area (TPSA) is 141 Å². The van der Waals surface area contributed by atoms with Gasteiger partial charge in [-0.1, -0.05) is 42.2 Å². The number of nitrogens with one attached hydrogen (secondary N) is 2. The Labute approximate surface area is 238 Å². The molecule has 0 aliphatic carbocycles. The van der Waals surface area contributed by atoms with Gasteiger partial charge in [0.1, 0.15) is 11.6 Å². The third-order valence-corrected chi connectivity index (χ3v) is 8.28. The minimum absolute atomic E-state index is 0.0133. The number of benzene rings is 2. The molecule has 0 spiro atoms. The summed E-state index contributed by atoms with van der Waals surface area (Å²) in [6.45, 7) is 2.91. The Morgan fingerprint density at radius 2 is 1.61 bits per heavy atom. The lowest BCUT2D eigenvalue weighted by molar-refractivity contribution is -0.138. The van der Waals surface area contributed by atoms with Crippen LogP contribution in [-0.2, 0) is 28.6 Å². The summed E-state index contributed by atoms with van der Waals surface area (Å²) in [5, 5.41) is 11.8. The molecule has 214 valence electrons. The number of amides is 1. The van der Waals surface area contributed by atoms with E-state index in [1.807, 2.05) is 59.5 Å². The number of nitrogens with zero attached hydrogens (tertiary/aromatic N) is 3. The Morgan fingerprint density at radius 3 is 2.24 bits per heavy atom. The van der Waals surface area contributed by atoms with Crippen LogP contribution >= 0.6 is 0 Å². The van der Waals surface area contributed by atoms with E-state index >= 15 is 0 Å². The molecule has 1 aliphatic heterocycles. The Morgan fingerprint density at radius 1 is 0.976 bits per heavy atom. The summed E-state index contributed by atoms with van der Waals surface area (Å²) in [5.41, 5.74) is 2.67. The maximum atomic E-state index is 12.7. The monoisotopic (exact) mass is 577 g/mol. The quantitative estimate of drug-likeness (QED) is 0.341. The summed E-state index contributed by atoms with van der Waals surface area (Å²) < 4.78 is 29.6. The molecule has 1 atom stereocenters. The molecule has 1 aliphatic rings. The zero-order valence-electron chi connectivity index (χ0n) is 22.7. The molecule has 0 radical (unpaired) electrons. The van der Waals surface area contributed by atoms with Crippen LogP contribution in [0.4, 0.5) is 5.69 Å². The molecule has 0 saturated carbocycles. The van der Waals surface area contributed by atoms with E-state index in [0.717, 1.165) is 16.8 Å². The van der Waals surface area contributed by atoms with Crippen LogP contribution < -0.4 is 20.5 Å². The molecule has 1 amide bonds. The average molecular weight is 578 g/mol. The number of hydrogen-bond donors (Lipinski definition) is 3. The summed E-state index contributed by atoms with van der Waals surface area (Å²) in [5.74, 6) is 4.36. The van der Waals surface area contributed by atoms with Crippen molar-refractivity contribution in [3.05, 3.63) is 99.5 Å². The number of piperazine rings is 1. The first-order valence-electron chi connectivity index (χ1n) is 12.9. The van der Waals surface area contributed by atoms with Crippen molar-refractivity contribution < 1.29 is 23.1 Å². The zero-order chi connectivity index (χ0) is 29.6. The van der Waals surface area contributed by atoms with Gasteiger partial charge in [-0.3, -0.25) is 14.4 Å². The van der Waals surface area contributed by atoms with Crippen LogP contribution in [0.3, 0.4) is 0 Å². The smallest absolute Gasteiger partial charge is 0.321 e. The number of carbonyl (C=O) groups excluding carboxylic acids is 1. The minimum Gasteiger partial charge on any atom is -0.480 e. The molecule has 1 aromatic heterocycles. The second kappa shape index (κ2) is 12.8. The predicted octanol–water partition coefficient (Wildman–Crippen LogP) is 1.14. The van der Waals surface area contributed by atoms with Crippen LogP contribution in [0.15, 0.2) is 71.7 Å². The number of carbonyl (C=O) groups is 2. The van der Waals surface area contributed by atoms with Gasteiger partial charge in [0.05, 0.1) is 0 Å². The van der Waals surface area contributed by atoms with Gasteiger partial charge in [0.15, 0.2) is 0 Å². The highest BCUT2D eigenvalue weighted by molar-refractivity contribution is 7.87. The van der Waals surface area contributed by atoms with Gasteiger partial charge in [-0.25, -0.2) is 0 Å². The molecule has 1 fully saturated rings. The van der Waals surface area contributed by atoms with Crippen molar-refractivity contribution in [3.63, 3.8) is 0 Å². The number of anilines is 1. The van der Waals surface area contributed by atoms with E-state index < -0.39 is 33.7 Å². The lowest BCUT2D eigenvalue weighted by Crippen LogP contribution is -2.54. The van der Waals surface area contributed by atoms with Gasteiger partial charge < -0.3 is 19.9 Å². The Balaban J connectivity index is 1.39. The average Bonchev–Trinajstić information content (AvgIpc) is 2.97. The Hall–Kier alpha value is -4.44. The third kappa shape index (κ3) is 7.61. The second-order valence-electron chi connectivity index (χ2n) is 9.59. The highest BCUT2D eigenvalue weighted by Gasteiger charge is 2.29. The standard InChI is InChI=1S/C29H31N5O6S/c1-21(29(37)38)31-41(39,40)34-16-14-33(15-17-34)25-12-10-22(11-13-25)8-9-24-18-26(28(36)32(2)20-24)27(35)30-19-23-6-4-3-5-7-23/h3-7,10-13,18,20-21,31H,14-17,19H2,1-2H3,(H,30,35)(H,37,38)/t21-/m1/s1. The maximum Gasteiger partial charge on any atom is 0.321 e. The molecule has 0 bridgehead atoms. The summed E-state index contributed by atoms with van der Waals surface area (Å²) in [6.07, 6.45) is 1.58. The summed E-state index contributed by atoms with van der Waals surface area (Å²) in [4.78, 5) is 38.3. The lowest BCUT2D eigenvalue weighted by Gasteiger charge is -2.35. The number of carboxylic acids is 1. The first-order valence-corrected chi connectivity index (χ1v) is 14.4. The van der Waals surface area contributed by atoms with E-state index in [4.69, 9.17) is 5.11 Å². The van der Waals surface area contributed by atoms with Crippen molar-refractivity contribution in [2.75, 3.05) is 31.1 Å². The largest absolute Gasteiger partial charge is 0.480 e. The van der Waals surface area contributed by atoms with E-state index in [1.54, 1.807) is 13.2 Å². The van der Waals surface area contributed by atoms with E-state index in [2.05, 4.69) is 21.9 Å². The van der Waals surface area contributed by atoms with Crippen molar-refractivity contribution in [2.45, 2.75) is 19.5 Å². The maximum absolute atomic E-state index is 12.7. The molecular formula is C29H31N5O6S. The summed E-state index contributed by atoms with van der Waals surface area (Å²) >= 11 is 0. The van der Waals surface area contributed by atoms with Gasteiger partial charge in [-0.15, -0.1) is 0 Å². The van der Waals surface area contributed by atoms with Crippen molar-refractivity contribution >= 4 is 27.8 Å². The number of pyridine rings is 1. The molecule has 3 N–H and O–H groups in total. The highest BCUT2D eigenvalue weighted by atomic mass is 32.2. The van der Waals surface area contributed by atoms with Crippen LogP contribution in [0, 0.1) is 11.8 Å². The van der Waals surface area contributed by atoms with E-state index in [1.165, 1.54) is 21.9 Å². The Kier molecular flexibility index (Phi) is 9.24. The first kappa shape index (κ1) is 29.5. The van der Waals surface area contributed by atoms with Gasteiger partial charge in [0.2, 0.25) is 0 Å². The normalized spacial score (nSPS) is 14.5. The number of rotatable bonds is 8. The SMILES string of the molecule is C[C@@H](NS(=O)(=O)N1CCN(c2ccc(C#Cc3cc(C(=O)NCc4ccccc4)c(=O)n(C)c3)cc2)CC1)C(=O)O. The van der Waals surface area contributed by atoms with Crippen molar-refractivity contribution in [2.24, 2.45) is 7.05 Å². The number of aromatic nitrogens is 1.